The van der Waals surface area contributed by atoms with Gasteiger partial charge in [0.1, 0.15) is 0 Å². The molecule has 0 aliphatic heterocycles. The van der Waals surface area contributed by atoms with Crippen LogP contribution in [-0.4, -0.2) is 20.9 Å². The van der Waals surface area contributed by atoms with Gasteiger partial charge in [-0.25, -0.2) is 9.97 Å². The normalized spacial score (nSPS) is 10.3. The molecule has 1 aromatic carbocycles. The smallest absolute Gasteiger partial charge is 0.260 e. The molecule has 1 amide bonds. The maximum absolute atomic E-state index is 12.2. The third-order valence-electron chi connectivity index (χ3n) is 2.67. The molecule has 5 nitrogen and oxygen atoms in total. The van der Waals surface area contributed by atoms with Crippen molar-refractivity contribution in [2.75, 3.05) is 5.32 Å². The van der Waals surface area contributed by atoms with Crippen LogP contribution in [0.25, 0.3) is 10.9 Å². The number of hydrogen-bond donors (Lipinski definition) is 1. The topological polar surface area (TPSA) is 67.8 Å². The van der Waals surface area contributed by atoms with E-state index in [0.29, 0.717) is 11.1 Å². The van der Waals surface area contributed by atoms with Crippen molar-refractivity contribution in [3.8, 4) is 0 Å². The lowest BCUT2D eigenvalue weighted by Crippen LogP contribution is -2.14. The Kier molecular flexibility index (Phi) is 2.86. The molecule has 0 saturated carbocycles. The predicted molar refractivity (Wildman–Crippen MR) is 71.7 cm³/mol. The molecule has 0 atom stereocenters. The van der Waals surface area contributed by atoms with Crippen molar-refractivity contribution in [1.82, 2.24) is 15.0 Å². The summed E-state index contributed by atoms with van der Waals surface area (Å²) in [6, 6.07) is 10.9. The quantitative estimate of drug-likeness (QED) is 0.757. The minimum Gasteiger partial charge on any atom is -0.290 e. The third-order valence-corrected chi connectivity index (χ3v) is 2.67. The van der Waals surface area contributed by atoms with Gasteiger partial charge in [-0.1, -0.05) is 18.2 Å². The van der Waals surface area contributed by atoms with E-state index in [2.05, 4.69) is 20.3 Å². The number of amides is 1. The van der Waals surface area contributed by atoms with E-state index in [4.69, 9.17) is 0 Å². The second kappa shape index (κ2) is 4.81. The minimum absolute atomic E-state index is 0.268. The van der Waals surface area contributed by atoms with Gasteiger partial charge in [0.2, 0.25) is 5.95 Å². The van der Waals surface area contributed by atoms with Crippen LogP contribution in [0, 0.1) is 0 Å². The summed E-state index contributed by atoms with van der Waals surface area (Å²) in [5.41, 5.74) is 1.17. The lowest BCUT2D eigenvalue weighted by Gasteiger charge is -2.05. The zero-order valence-electron chi connectivity index (χ0n) is 9.95. The van der Waals surface area contributed by atoms with Gasteiger partial charge in [-0.15, -0.1) is 0 Å². The van der Waals surface area contributed by atoms with Crippen LogP contribution in [0.5, 0.6) is 0 Å². The molecule has 0 bridgehead atoms. The van der Waals surface area contributed by atoms with Gasteiger partial charge in [-0.05, 0) is 18.2 Å². The van der Waals surface area contributed by atoms with Crippen LogP contribution in [0.1, 0.15) is 10.4 Å². The Morgan fingerprint density at radius 3 is 2.47 bits per heavy atom. The van der Waals surface area contributed by atoms with Crippen molar-refractivity contribution >= 4 is 22.8 Å². The van der Waals surface area contributed by atoms with Crippen molar-refractivity contribution in [2.24, 2.45) is 0 Å². The zero-order valence-corrected chi connectivity index (χ0v) is 9.95. The van der Waals surface area contributed by atoms with Crippen LogP contribution >= 0.6 is 0 Å². The van der Waals surface area contributed by atoms with E-state index in [1.165, 1.54) is 0 Å². The molecule has 5 heteroatoms. The maximum Gasteiger partial charge on any atom is 0.260 e. The Bertz CT molecular complexity index is 722. The van der Waals surface area contributed by atoms with Gasteiger partial charge < -0.3 is 0 Å². The largest absolute Gasteiger partial charge is 0.290 e. The molecule has 2 heterocycles. The lowest BCUT2D eigenvalue weighted by atomic mass is 10.1. The van der Waals surface area contributed by atoms with E-state index in [9.17, 15) is 4.79 Å². The Morgan fingerprint density at radius 1 is 0.895 bits per heavy atom. The first kappa shape index (κ1) is 11.3. The Hall–Kier alpha value is -2.82. The molecule has 0 aliphatic rings. The molecule has 19 heavy (non-hydrogen) atoms. The van der Waals surface area contributed by atoms with Crippen LogP contribution in [0.4, 0.5) is 5.95 Å². The average Bonchev–Trinajstić information content (AvgIpc) is 2.47. The van der Waals surface area contributed by atoms with Crippen molar-refractivity contribution in [3.63, 3.8) is 0 Å². The first-order valence-corrected chi connectivity index (χ1v) is 5.77. The molecule has 2 aromatic heterocycles. The number of aromatic nitrogens is 3. The highest BCUT2D eigenvalue weighted by Crippen LogP contribution is 2.16. The molecule has 0 aliphatic carbocycles. The molecular weight excluding hydrogens is 240 g/mol. The van der Waals surface area contributed by atoms with Crippen molar-refractivity contribution in [2.45, 2.75) is 0 Å². The minimum atomic E-state index is -0.268. The van der Waals surface area contributed by atoms with E-state index >= 15 is 0 Å². The molecule has 0 fully saturated rings. The summed E-state index contributed by atoms with van der Waals surface area (Å²) in [5, 5.41) is 3.57. The standard InChI is InChI=1S/C14H10N4O/c19-13(18-14-16-8-3-9-17-14)11-6-1-4-10-5-2-7-15-12(10)11/h1-9H,(H,16,17,18,19). The van der Waals surface area contributed by atoms with Crippen LogP contribution < -0.4 is 5.32 Å². The fourth-order valence-electron chi connectivity index (χ4n) is 1.82. The molecule has 0 unspecified atom stereocenters. The summed E-state index contributed by atoms with van der Waals surface area (Å²) in [4.78, 5) is 24.4. The number of anilines is 1. The van der Waals surface area contributed by atoms with Gasteiger partial charge in [-0.2, -0.15) is 0 Å². The van der Waals surface area contributed by atoms with Crippen molar-refractivity contribution in [3.05, 3.63) is 60.6 Å². The number of para-hydroxylation sites is 1. The number of fused-ring (bicyclic) bond motifs is 1. The van der Waals surface area contributed by atoms with Crippen molar-refractivity contribution < 1.29 is 4.79 Å². The number of carbonyl (C=O) groups is 1. The predicted octanol–water partition coefficient (Wildman–Crippen LogP) is 2.28. The van der Waals surface area contributed by atoms with Crippen LogP contribution in [0.3, 0.4) is 0 Å². The second-order valence-corrected chi connectivity index (χ2v) is 3.91. The zero-order chi connectivity index (χ0) is 13.1. The monoisotopic (exact) mass is 250 g/mol. The number of nitrogens with one attached hydrogen (secondary N) is 1. The highest BCUT2D eigenvalue weighted by Gasteiger charge is 2.11. The molecule has 0 saturated heterocycles. The van der Waals surface area contributed by atoms with E-state index in [1.54, 1.807) is 30.7 Å². The van der Waals surface area contributed by atoms with Gasteiger partial charge in [-0.3, -0.25) is 15.1 Å². The summed E-state index contributed by atoms with van der Waals surface area (Å²) >= 11 is 0. The number of carbonyl (C=O) groups excluding carboxylic acids is 1. The summed E-state index contributed by atoms with van der Waals surface area (Å²) in [5.74, 6) is 0.0101. The average molecular weight is 250 g/mol. The molecule has 3 rings (SSSR count). The molecular formula is C14H10N4O. The van der Waals surface area contributed by atoms with Gasteiger partial charge in [0.25, 0.3) is 5.91 Å². The molecule has 0 spiro atoms. The summed E-state index contributed by atoms with van der Waals surface area (Å²) < 4.78 is 0. The van der Waals surface area contributed by atoms with Gasteiger partial charge in [0.05, 0.1) is 11.1 Å². The maximum atomic E-state index is 12.2. The Morgan fingerprint density at radius 2 is 1.63 bits per heavy atom. The fourth-order valence-corrected chi connectivity index (χ4v) is 1.82. The first-order valence-electron chi connectivity index (χ1n) is 5.77. The Labute approximate surface area is 109 Å². The highest BCUT2D eigenvalue weighted by molar-refractivity contribution is 6.11. The molecule has 0 radical (unpaired) electrons. The SMILES string of the molecule is O=C(Nc1ncccn1)c1cccc2cccnc12. The van der Waals surface area contributed by atoms with Crippen LogP contribution in [0.2, 0.25) is 0 Å². The van der Waals surface area contributed by atoms with Gasteiger partial charge >= 0.3 is 0 Å². The number of pyridine rings is 1. The molecule has 3 aromatic rings. The Balaban J connectivity index is 1.98. The van der Waals surface area contributed by atoms with E-state index in [0.717, 1.165) is 5.39 Å². The number of benzene rings is 1. The van der Waals surface area contributed by atoms with E-state index in [-0.39, 0.29) is 11.9 Å². The first-order chi connectivity index (χ1) is 9.34. The molecule has 1 N–H and O–H groups in total. The van der Waals surface area contributed by atoms with Crippen molar-refractivity contribution in [1.29, 1.82) is 0 Å². The van der Waals surface area contributed by atoms with E-state index in [1.807, 2.05) is 24.3 Å². The second-order valence-electron chi connectivity index (χ2n) is 3.91. The third kappa shape index (κ3) is 2.26. The number of hydrogen-bond acceptors (Lipinski definition) is 4. The number of nitrogens with zero attached hydrogens (tertiary/aromatic N) is 3. The summed E-state index contributed by atoms with van der Waals surface area (Å²) in [6.07, 6.45) is 4.81. The highest BCUT2D eigenvalue weighted by atomic mass is 16.1. The van der Waals surface area contributed by atoms with Crippen LogP contribution in [0.15, 0.2) is 55.0 Å². The fraction of sp³-hybridized carbons (Fsp3) is 0. The van der Waals surface area contributed by atoms with Crippen LogP contribution in [-0.2, 0) is 0 Å². The number of rotatable bonds is 2. The van der Waals surface area contributed by atoms with E-state index < -0.39 is 0 Å². The molecule has 92 valence electrons. The summed E-state index contributed by atoms with van der Waals surface area (Å²) in [7, 11) is 0. The van der Waals surface area contributed by atoms with Gasteiger partial charge in [0, 0.05) is 24.0 Å². The lowest BCUT2D eigenvalue weighted by molar-refractivity contribution is 0.102. The van der Waals surface area contributed by atoms with Gasteiger partial charge in [0.15, 0.2) is 0 Å². The summed E-state index contributed by atoms with van der Waals surface area (Å²) in [6.45, 7) is 0.